The Hall–Kier alpha value is -2.01. The predicted molar refractivity (Wildman–Crippen MR) is 87.0 cm³/mol. The Morgan fingerprint density at radius 1 is 1.14 bits per heavy atom. The van der Waals surface area contributed by atoms with Crippen LogP contribution in [0.4, 0.5) is 17.3 Å². The van der Waals surface area contributed by atoms with Crippen molar-refractivity contribution in [1.82, 2.24) is 9.97 Å². The highest BCUT2D eigenvalue weighted by Gasteiger charge is 2.09. The Kier molecular flexibility index (Phi) is 4.85. The average Bonchev–Trinajstić information content (AvgIpc) is 2.49. The minimum atomic E-state index is 0.236. The van der Waals surface area contributed by atoms with Gasteiger partial charge in [-0.1, -0.05) is 25.4 Å². The lowest BCUT2D eigenvalue weighted by Crippen LogP contribution is -2.05. The fraction of sp³-hybridized carbons (Fsp3) is 0.333. The molecule has 0 fully saturated rings. The number of anilines is 3. The van der Waals surface area contributed by atoms with E-state index in [-0.39, 0.29) is 5.92 Å². The van der Waals surface area contributed by atoms with Crippen LogP contribution in [0, 0.1) is 0 Å². The van der Waals surface area contributed by atoms with Crippen LogP contribution >= 0.6 is 11.6 Å². The van der Waals surface area contributed by atoms with Gasteiger partial charge in [-0.15, -0.1) is 0 Å². The van der Waals surface area contributed by atoms with Crippen LogP contribution in [-0.2, 0) is 0 Å². The Bertz CT molecular complexity index is 631. The molecule has 1 heterocycles. The first-order valence-corrected chi connectivity index (χ1v) is 7.08. The number of halogens is 1. The molecule has 0 unspecified atom stereocenters. The third-order valence-corrected chi connectivity index (χ3v) is 3.28. The number of methoxy groups -OCH3 is 1. The molecule has 0 spiro atoms. The van der Waals surface area contributed by atoms with E-state index in [1.54, 1.807) is 13.2 Å². The van der Waals surface area contributed by atoms with Crippen LogP contribution in [0.15, 0.2) is 24.3 Å². The molecule has 0 saturated heterocycles. The van der Waals surface area contributed by atoms with E-state index in [4.69, 9.17) is 16.3 Å². The summed E-state index contributed by atoms with van der Waals surface area (Å²) in [5, 5.41) is 6.85. The minimum absolute atomic E-state index is 0.236. The molecule has 2 aromatic rings. The zero-order chi connectivity index (χ0) is 15.4. The van der Waals surface area contributed by atoms with E-state index in [0.717, 1.165) is 23.1 Å². The summed E-state index contributed by atoms with van der Waals surface area (Å²) in [6.07, 6.45) is 0. The first-order valence-electron chi connectivity index (χ1n) is 6.70. The summed E-state index contributed by atoms with van der Waals surface area (Å²) in [6.45, 7) is 4.11. The van der Waals surface area contributed by atoms with E-state index < -0.39 is 0 Å². The van der Waals surface area contributed by atoms with Crippen molar-refractivity contribution in [2.24, 2.45) is 0 Å². The average molecular weight is 307 g/mol. The second kappa shape index (κ2) is 6.63. The van der Waals surface area contributed by atoms with Crippen LogP contribution in [0.3, 0.4) is 0 Å². The van der Waals surface area contributed by atoms with Gasteiger partial charge in [0.05, 0.1) is 17.8 Å². The highest BCUT2D eigenvalue weighted by atomic mass is 35.5. The van der Waals surface area contributed by atoms with Crippen LogP contribution in [0.25, 0.3) is 0 Å². The highest BCUT2D eigenvalue weighted by molar-refractivity contribution is 6.33. The molecule has 0 radical (unpaired) electrons. The van der Waals surface area contributed by atoms with Gasteiger partial charge in [-0.05, 0) is 12.1 Å². The molecule has 0 aliphatic rings. The fourth-order valence-corrected chi connectivity index (χ4v) is 1.95. The van der Waals surface area contributed by atoms with E-state index >= 15 is 0 Å². The van der Waals surface area contributed by atoms with Gasteiger partial charge >= 0.3 is 0 Å². The molecular formula is C15H19ClN4O. The lowest BCUT2D eigenvalue weighted by Gasteiger charge is -2.13. The maximum atomic E-state index is 6.20. The van der Waals surface area contributed by atoms with E-state index in [2.05, 4.69) is 34.4 Å². The number of nitrogens with zero attached hydrogens (tertiary/aromatic N) is 2. The van der Waals surface area contributed by atoms with E-state index in [9.17, 15) is 0 Å². The first kappa shape index (κ1) is 15.4. The number of aromatic nitrogens is 2. The van der Waals surface area contributed by atoms with Gasteiger partial charge in [0.15, 0.2) is 0 Å². The quantitative estimate of drug-likeness (QED) is 0.873. The molecule has 1 aromatic heterocycles. The molecule has 21 heavy (non-hydrogen) atoms. The van der Waals surface area contributed by atoms with Crippen LogP contribution in [0.1, 0.15) is 25.6 Å². The zero-order valence-corrected chi connectivity index (χ0v) is 13.3. The standard InChI is InChI=1S/C15H19ClN4O/c1-9(2)15-19-13(17-3)8-14(20-15)18-12-7-10(21-4)5-6-11(12)16/h5-9H,1-4H3,(H2,17,18,19,20). The van der Waals surface area contributed by atoms with Crippen molar-refractivity contribution in [1.29, 1.82) is 0 Å². The number of ether oxygens (including phenoxy) is 1. The molecule has 2 N–H and O–H groups in total. The van der Waals surface area contributed by atoms with E-state index in [0.29, 0.717) is 10.8 Å². The van der Waals surface area contributed by atoms with Crippen LogP contribution in [0.5, 0.6) is 5.75 Å². The van der Waals surface area contributed by atoms with E-state index in [1.807, 2.05) is 25.2 Å². The predicted octanol–water partition coefficient (Wildman–Crippen LogP) is 4.05. The number of hydrogen-bond donors (Lipinski definition) is 2. The van der Waals surface area contributed by atoms with Crippen LogP contribution in [0.2, 0.25) is 5.02 Å². The lowest BCUT2D eigenvalue weighted by molar-refractivity contribution is 0.415. The molecule has 6 heteroatoms. The molecule has 0 aliphatic heterocycles. The number of nitrogens with one attached hydrogen (secondary N) is 2. The monoisotopic (exact) mass is 306 g/mol. The minimum Gasteiger partial charge on any atom is -0.497 e. The first-order chi connectivity index (χ1) is 10.0. The molecule has 0 atom stereocenters. The van der Waals surface area contributed by atoms with Crippen LogP contribution in [-0.4, -0.2) is 24.1 Å². The fourth-order valence-electron chi connectivity index (χ4n) is 1.78. The van der Waals surface area contributed by atoms with Crippen molar-refractivity contribution < 1.29 is 4.74 Å². The van der Waals surface area contributed by atoms with Gasteiger partial charge in [-0.2, -0.15) is 0 Å². The van der Waals surface area contributed by atoms with Gasteiger partial charge < -0.3 is 15.4 Å². The summed E-state index contributed by atoms with van der Waals surface area (Å²) in [6, 6.07) is 7.26. The topological polar surface area (TPSA) is 59.1 Å². The zero-order valence-electron chi connectivity index (χ0n) is 12.6. The molecular weight excluding hydrogens is 288 g/mol. The second-order valence-electron chi connectivity index (χ2n) is 4.87. The Morgan fingerprint density at radius 2 is 1.86 bits per heavy atom. The molecule has 0 bridgehead atoms. The lowest BCUT2D eigenvalue weighted by atomic mass is 10.2. The molecule has 1 aromatic carbocycles. The number of hydrogen-bond acceptors (Lipinski definition) is 5. The SMILES string of the molecule is CNc1cc(Nc2cc(OC)ccc2Cl)nc(C(C)C)n1. The van der Waals surface area contributed by atoms with Crippen molar-refractivity contribution in [3.8, 4) is 5.75 Å². The van der Waals surface area contributed by atoms with Crippen molar-refractivity contribution in [2.75, 3.05) is 24.8 Å². The number of rotatable bonds is 5. The van der Waals surface area contributed by atoms with Crippen LogP contribution < -0.4 is 15.4 Å². The Balaban J connectivity index is 2.36. The molecule has 0 saturated carbocycles. The Morgan fingerprint density at radius 3 is 2.48 bits per heavy atom. The Labute approximate surface area is 129 Å². The molecule has 2 rings (SSSR count). The summed E-state index contributed by atoms with van der Waals surface area (Å²) >= 11 is 6.20. The smallest absolute Gasteiger partial charge is 0.136 e. The maximum absolute atomic E-state index is 6.20. The maximum Gasteiger partial charge on any atom is 0.136 e. The number of benzene rings is 1. The van der Waals surface area contributed by atoms with E-state index in [1.165, 1.54) is 0 Å². The second-order valence-corrected chi connectivity index (χ2v) is 5.28. The molecule has 112 valence electrons. The van der Waals surface area contributed by atoms with Gasteiger partial charge in [-0.3, -0.25) is 0 Å². The van der Waals surface area contributed by atoms with Gasteiger partial charge in [0, 0.05) is 25.1 Å². The summed E-state index contributed by atoms with van der Waals surface area (Å²) in [7, 11) is 3.45. The van der Waals surface area contributed by atoms with Crippen molar-refractivity contribution in [3.05, 3.63) is 35.1 Å². The third kappa shape index (κ3) is 3.76. The van der Waals surface area contributed by atoms with Gasteiger partial charge in [0.1, 0.15) is 23.2 Å². The van der Waals surface area contributed by atoms with Gasteiger partial charge in [0.25, 0.3) is 0 Å². The highest BCUT2D eigenvalue weighted by Crippen LogP contribution is 2.29. The largest absolute Gasteiger partial charge is 0.497 e. The molecule has 5 nitrogen and oxygen atoms in total. The summed E-state index contributed by atoms with van der Waals surface area (Å²) in [5.41, 5.74) is 0.742. The summed E-state index contributed by atoms with van der Waals surface area (Å²) in [4.78, 5) is 8.94. The normalized spacial score (nSPS) is 10.6. The molecule has 0 aliphatic carbocycles. The summed E-state index contributed by atoms with van der Waals surface area (Å²) in [5.74, 6) is 3.18. The van der Waals surface area contributed by atoms with Gasteiger partial charge in [0.2, 0.25) is 0 Å². The van der Waals surface area contributed by atoms with Crippen molar-refractivity contribution in [3.63, 3.8) is 0 Å². The molecule has 0 amide bonds. The van der Waals surface area contributed by atoms with Crippen molar-refractivity contribution >= 4 is 28.9 Å². The third-order valence-electron chi connectivity index (χ3n) is 2.95. The van der Waals surface area contributed by atoms with Crippen molar-refractivity contribution in [2.45, 2.75) is 19.8 Å². The summed E-state index contributed by atoms with van der Waals surface area (Å²) < 4.78 is 5.21. The van der Waals surface area contributed by atoms with Gasteiger partial charge in [-0.25, -0.2) is 9.97 Å².